The molecule has 0 saturated heterocycles. The largest absolute Gasteiger partial charge is 0.312 e. The highest BCUT2D eigenvalue weighted by Crippen LogP contribution is 2.08. The molecule has 0 radical (unpaired) electrons. The number of aromatic nitrogens is 1. The Morgan fingerprint density at radius 3 is 3.08 bits per heavy atom. The van der Waals surface area contributed by atoms with Gasteiger partial charge in [-0.15, -0.1) is 0 Å². The van der Waals surface area contributed by atoms with Crippen LogP contribution in [0.25, 0.3) is 0 Å². The summed E-state index contributed by atoms with van der Waals surface area (Å²) in [5, 5.41) is 3.30. The molecule has 0 fully saturated rings. The highest BCUT2D eigenvalue weighted by molar-refractivity contribution is 5.21. The SMILES string of the molecule is [CH2+]C.c1cnc2c(c1)CNCC2. The Labute approximate surface area is 74.0 Å². The summed E-state index contributed by atoms with van der Waals surface area (Å²) >= 11 is 0. The Morgan fingerprint density at radius 1 is 1.50 bits per heavy atom. The van der Waals surface area contributed by atoms with Gasteiger partial charge in [0.15, 0.2) is 0 Å². The molecule has 1 aromatic heterocycles. The number of nitrogens with zero attached hydrogens (tertiary/aromatic N) is 1. The molecule has 0 amide bonds. The topological polar surface area (TPSA) is 24.9 Å². The van der Waals surface area contributed by atoms with Gasteiger partial charge in [0.2, 0.25) is 0 Å². The molecule has 2 rings (SSSR count). The van der Waals surface area contributed by atoms with Crippen molar-refractivity contribution in [2.45, 2.75) is 19.9 Å². The van der Waals surface area contributed by atoms with E-state index in [9.17, 15) is 0 Å². The maximum Gasteiger partial charge on any atom is 0.0746 e. The smallest absolute Gasteiger partial charge is 0.0746 e. The molecule has 1 aliphatic heterocycles. The quantitative estimate of drug-likeness (QED) is 0.587. The van der Waals surface area contributed by atoms with Gasteiger partial charge in [0, 0.05) is 31.4 Å². The molecule has 0 unspecified atom stereocenters. The third kappa shape index (κ3) is 1.98. The van der Waals surface area contributed by atoms with E-state index in [4.69, 9.17) is 0 Å². The van der Waals surface area contributed by atoms with E-state index in [1.807, 2.05) is 12.3 Å². The van der Waals surface area contributed by atoms with E-state index >= 15 is 0 Å². The van der Waals surface area contributed by atoms with Crippen molar-refractivity contribution in [3.05, 3.63) is 36.5 Å². The minimum Gasteiger partial charge on any atom is -0.312 e. The van der Waals surface area contributed by atoms with Gasteiger partial charge in [-0.3, -0.25) is 4.98 Å². The molecule has 0 aromatic carbocycles. The molecule has 0 saturated carbocycles. The summed E-state index contributed by atoms with van der Waals surface area (Å²) in [7, 11) is 0. The van der Waals surface area contributed by atoms with Crippen LogP contribution >= 0.6 is 0 Å². The molecule has 1 aliphatic rings. The predicted octanol–water partition coefficient (Wildman–Crippen LogP) is 1.57. The van der Waals surface area contributed by atoms with E-state index in [1.165, 1.54) is 11.3 Å². The summed E-state index contributed by atoms with van der Waals surface area (Å²) in [6, 6.07) is 4.13. The van der Waals surface area contributed by atoms with Gasteiger partial charge >= 0.3 is 0 Å². The molecule has 0 spiro atoms. The van der Waals surface area contributed by atoms with Gasteiger partial charge in [-0.05, 0) is 11.6 Å². The van der Waals surface area contributed by atoms with Crippen LogP contribution in [0.4, 0.5) is 0 Å². The minimum atomic E-state index is 0.989. The lowest BCUT2D eigenvalue weighted by Crippen LogP contribution is -2.24. The van der Waals surface area contributed by atoms with E-state index in [0.29, 0.717) is 0 Å². The van der Waals surface area contributed by atoms with Gasteiger partial charge in [-0.1, -0.05) is 6.07 Å². The number of hydrogen-bond donors (Lipinski definition) is 1. The van der Waals surface area contributed by atoms with E-state index < -0.39 is 0 Å². The second-order valence-corrected chi connectivity index (χ2v) is 2.54. The van der Waals surface area contributed by atoms with Gasteiger partial charge in [0.1, 0.15) is 0 Å². The van der Waals surface area contributed by atoms with Crippen LogP contribution in [0.2, 0.25) is 0 Å². The van der Waals surface area contributed by atoms with Gasteiger partial charge in [-0.2, -0.15) is 0 Å². The van der Waals surface area contributed by atoms with Gasteiger partial charge in [0.05, 0.1) is 13.8 Å². The average Bonchev–Trinajstić information content (AvgIpc) is 2.21. The molecular formula is C10H15N2+. The maximum atomic E-state index is 4.28. The van der Waals surface area contributed by atoms with Crippen LogP contribution in [0.5, 0.6) is 0 Å². The second kappa shape index (κ2) is 4.78. The first-order chi connectivity index (χ1) is 5.97. The van der Waals surface area contributed by atoms with Crippen LogP contribution in [-0.4, -0.2) is 11.5 Å². The summed E-state index contributed by atoms with van der Waals surface area (Å²) in [4.78, 5) is 4.28. The third-order valence-electron chi connectivity index (χ3n) is 1.84. The van der Waals surface area contributed by atoms with E-state index in [0.717, 1.165) is 19.5 Å². The van der Waals surface area contributed by atoms with Gasteiger partial charge < -0.3 is 5.32 Å². The fourth-order valence-corrected chi connectivity index (χ4v) is 1.29. The lowest BCUT2D eigenvalue weighted by Gasteiger charge is -2.14. The first kappa shape index (κ1) is 9.07. The molecule has 0 aliphatic carbocycles. The number of fused-ring (bicyclic) bond motifs is 1. The standard InChI is InChI=1S/C8H10N2.C2H5/c1-2-7-6-9-5-3-8(7)10-4-1;1-2/h1-2,4,9H,3,5-6H2;1H2,2H3/q;+1. The average molecular weight is 163 g/mol. The Morgan fingerprint density at radius 2 is 2.33 bits per heavy atom. The summed E-state index contributed by atoms with van der Waals surface area (Å²) in [6.45, 7) is 7.06. The summed E-state index contributed by atoms with van der Waals surface area (Å²) in [5.41, 5.74) is 2.62. The number of hydrogen-bond acceptors (Lipinski definition) is 2. The van der Waals surface area contributed by atoms with Crippen LogP contribution < -0.4 is 5.32 Å². The first-order valence-corrected chi connectivity index (χ1v) is 4.31. The van der Waals surface area contributed by atoms with Gasteiger partial charge in [-0.25, -0.2) is 0 Å². The Balaban J connectivity index is 0.000000336. The van der Waals surface area contributed by atoms with E-state index in [2.05, 4.69) is 23.3 Å². The molecule has 0 atom stereocenters. The first-order valence-electron chi connectivity index (χ1n) is 4.31. The summed E-state index contributed by atoms with van der Waals surface area (Å²) in [5.74, 6) is 0. The number of pyridine rings is 1. The monoisotopic (exact) mass is 163 g/mol. The lowest BCUT2D eigenvalue weighted by molar-refractivity contribution is 0.630. The maximum absolute atomic E-state index is 4.28. The van der Waals surface area contributed by atoms with Crippen molar-refractivity contribution in [2.24, 2.45) is 0 Å². The van der Waals surface area contributed by atoms with Crippen LogP contribution in [0, 0.1) is 6.92 Å². The van der Waals surface area contributed by atoms with Crippen molar-refractivity contribution >= 4 is 0 Å². The van der Waals surface area contributed by atoms with Crippen LogP contribution in [0.15, 0.2) is 18.3 Å². The van der Waals surface area contributed by atoms with Crippen LogP contribution in [0.1, 0.15) is 18.2 Å². The Kier molecular flexibility index (Phi) is 3.61. The fraction of sp³-hybridized carbons (Fsp3) is 0.400. The van der Waals surface area contributed by atoms with Crippen molar-refractivity contribution < 1.29 is 0 Å². The zero-order chi connectivity index (χ0) is 8.81. The third-order valence-corrected chi connectivity index (χ3v) is 1.84. The van der Waals surface area contributed by atoms with E-state index in [1.54, 1.807) is 6.92 Å². The molecular weight excluding hydrogens is 148 g/mol. The molecule has 2 heteroatoms. The lowest BCUT2D eigenvalue weighted by atomic mass is 10.1. The highest BCUT2D eigenvalue weighted by Gasteiger charge is 2.06. The summed E-state index contributed by atoms with van der Waals surface area (Å²) in [6.07, 6.45) is 2.94. The molecule has 0 bridgehead atoms. The minimum absolute atomic E-state index is 0.989. The Bertz CT molecular complexity index is 208. The highest BCUT2D eigenvalue weighted by atomic mass is 14.9. The molecule has 2 nitrogen and oxygen atoms in total. The molecule has 64 valence electrons. The second-order valence-electron chi connectivity index (χ2n) is 2.54. The zero-order valence-electron chi connectivity index (χ0n) is 7.51. The Hall–Kier alpha value is -1.02. The zero-order valence-corrected chi connectivity index (χ0v) is 7.51. The van der Waals surface area contributed by atoms with Crippen molar-refractivity contribution in [1.82, 2.24) is 10.3 Å². The van der Waals surface area contributed by atoms with Crippen LogP contribution in [-0.2, 0) is 13.0 Å². The van der Waals surface area contributed by atoms with Crippen molar-refractivity contribution in [2.75, 3.05) is 6.54 Å². The molecule has 12 heavy (non-hydrogen) atoms. The number of nitrogens with one attached hydrogen (secondary N) is 1. The van der Waals surface area contributed by atoms with Crippen molar-refractivity contribution in [3.63, 3.8) is 0 Å². The van der Waals surface area contributed by atoms with Crippen LogP contribution in [0.3, 0.4) is 0 Å². The normalized spacial score (nSPS) is 14.1. The molecule has 1 aromatic rings. The van der Waals surface area contributed by atoms with Gasteiger partial charge in [0.25, 0.3) is 0 Å². The van der Waals surface area contributed by atoms with Crippen molar-refractivity contribution in [1.29, 1.82) is 0 Å². The predicted molar refractivity (Wildman–Crippen MR) is 50.7 cm³/mol. The molecule has 1 N–H and O–H groups in total. The van der Waals surface area contributed by atoms with E-state index in [-0.39, 0.29) is 0 Å². The summed E-state index contributed by atoms with van der Waals surface area (Å²) < 4.78 is 0. The number of rotatable bonds is 0. The molecule has 2 heterocycles. The fourth-order valence-electron chi connectivity index (χ4n) is 1.29. The van der Waals surface area contributed by atoms with Crippen molar-refractivity contribution in [3.8, 4) is 0 Å².